The molecule has 0 spiro atoms. The van der Waals surface area contributed by atoms with E-state index >= 15 is 0 Å². The van der Waals surface area contributed by atoms with Gasteiger partial charge in [0, 0.05) is 50.7 Å². The van der Waals surface area contributed by atoms with Crippen molar-refractivity contribution in [2.75, 3.05) is 37.6 Å². The number of aryl methyl sites for hydroxylation is 1. The lowest BCUT2D eigenvalue weighted by molar-refractivity contribution is 0.231. The number of aromatic nitrogens is 2. The molecule has 5 heteroatoms. The third-order valence-electron chi connectivity index (χ3n) is 3.04. The van der Waals surface area contributed by atoms with Gasteiger partial charge in [-0.05, 0) is 5.92 Å². The highest BCUT2D eigenvalue weighted by Gasteiger charge is 2.19. The number of rotatable bonds is 4. The first-order valence-electron chi connectivity index (χ1n) is 6.49. The molecule has 0 unspecified atom stereocenters. The van der Waals surface area contributed by atoms with Crippen molar-refractivity contribution in [3.05, 3.63) is 5.82 Å². The Morgan fingerprint density at radius 3 is 2.47 bits per heavy atom. The minimum Gasteiger partial charge on any atom is -0.344 e. The summed E-state index contributed by atoms with van der Waals surface area (Å²) >= 11 is 1.54. The van der Waals surface area contributed by atoms with Gasteiger partial charge in [-0.2, -0.15) is 4.37 Å². The van der Waals surface area contributed by atoms with Crippen LogP contribution in [0.25, 0.3) is 0 Å². The quantitative estimate of drug-likeness (QED) is 0.821. The largest absolute Gasteiger partial charge is 0.344 e. The zero-order valence-corrected chi connectivity index (χ0v) is 11.8. The molecule has 17 heavy (non-hydrogen) atoms. The van der Waals surface area contributed by atoms with E-state index in [4.69, 9.17) is 0 Å². The van der Waals surface area contributed by atoms with E-state index < -0.39 is 0 Å². The van der Waals surface area contributed by atoms with Gasteiger partial charge in [0.05, 0.1) is 0 Å². The first-order valence-corrected chi connectivity index (χ1v) is 7.26. The van der Waals surface area contributed by atoms with Gasteiger partial charge in [0.15, 0.2) is 0 Å². The molecule has 4 nitrogen and oxygen atoms in total. The van der Waals surface area contributed by atoms with E-state index in [0.717, 1.165) is 49.5 Å². The third kappa shape index (κ3) is 3.39. The molecule has 96 valence electrons. The van der Waals surface area contributed by atoms with Gasteiger partial charge < -0.3 is 4.90 Å². The van der Waals surface area contributed by atoms with Crippen LogP contribution in [0.3, 0.4) is 0 Å². The first kappa shape index (κ1) is 12.8. The van der Waals surface area contributed by atoms with Gasteiger partial charge in [-0.1, -0.05) is 20.8 Å². The summed E-state index contributed by atoms with van der Waals surface area (Å²) < 4.78 is 4.35. The predicted octanol–water partition coefficient (Wildman–Crippen LogP) is 1.88. The van der Waals surface area contributed by atoms with Crippen molar-refractivity contribution < 1.29 is 0 Å². The van der Waals surface area contributed by atoms with Gasteiger partial charge in [0.2, 0.25) is 5.13 Å². The van der Waals surface area contributed by atoms with Gasteiger partial charge in [0.25, 0.3) is 0 Å². The molecule has 1 saturated heterocycles. The fourth-order valence-corrected chi connectivity index (χ4v) is 2.96. The SMILES string of the molecule is CCc1nsc(N2CCN(CC(C)C)CC2)n1. The van der Waals surface area contributed by atoms with Crippen LogP contribution in [0.1, 0.15) is 26.6 Å². The molecule has 0 radical (unpaired) electrons. The zero-order chi connectivity index (χ0) is 12.3. The number of nitrogens with zero attached hydrogens (tertiary/aromatic N) is 4. The Morgan fingerprint density at radius 2 is 1.94 bits per heavy atom. The highest BCUT2D eigenvalue weighted by atomic mass is 32.1. The van der Waals surface area contributed by atoms with E-state index in [1.165, 1.54) is 6.54 Å². The van der Waals surface area contributed by atoms with Gasteiger partial charge in [-0.3, -0.25) is 4.90 Å². The standard InChI is InChI=1S/C12H22N4S/c1-4-11-13-12(17-14-11)16-7-5-15(6-8-16)9-10(2)3/h10H,4-9H2,1-3H3. The molecule has 0 aromatic carbocycles. The summed E-state index contributed by atoms with van der Waals surface area (Å²) in [5, 5.41) is 1.10. The van der Waals surface area contributed by atoms with Crippen molar-refractivity contribution in [3.63, 3.8) is 0 Å². The molecule has 0 bridgehead atoms. The Bertz CT molecular complexity index is 342. The Hall–Kier alpha value is -0.680. The molecule has 0 amide bonds. The average molecular weight is 254 g/mol. The molecule has 0 N–H and O–H groups in total. The highest BCUT2D eigenvalue weighted by Crippen LogP contribution is 2.19. The molecule has 0 aliphatic carbocycles. The lowest BCUT2D eigenvalue weighted by atomic mass is 10.2. The average Bonchev–Trinajstić information content (AvgIpc) is 2.78. The van der Waals surface area contributed by atoms with E-state index in [-0.39, 0.29) is 0 Å². The smallest absolute Gasteiger partial charge is 0.205 e. The summed E-state index contributed by atoms with van der Waals surface area (Å²) in [6.45, 7) is 12.4. The van der Waals surface area contributed by atoms with Crippen LogP contribution in [0.5, 0.6) is 0 Å². The summed E-state index contributed by atoms with van der Waals surface area (Å²) in [6.07, 6.45) is 0.934. The minimum atomic E-state index is 0.759. The molecule has 1 aromatic heterocycles. The molecule has 0 saturated carbocycles. The maximum atomic E-state index is 4.55. The zero-order valence-electron chi connectivity index (χ0n) is 11.0. The summed E-state index contributed by atoms with van der Waals surface area (Å²) in [7, 11) is 0. The van der Waals surface area contributed by atoms with Crippen LogP contribution in [-0.4, -0.2) is 47.0 Å². The molecule has 1 aliphatic heterocycles. The fourth-order valence-electron chi connectivity index (χ4n) is 2.15. The van der Waals surface area contributed by atoms with Crippen molar-refractivity contribution >= 4 is 16.7 Å². The summed E-state index contributed by atoms with van der Waals surface area (Å²) in [5.74, 6) is 1.74. The van der Waals surface area contributed by atoms with Crippen LogP contribution in [0.2, 0.25) is 0 Å². The van der Waals surface area contributed by atoms with Gasteiger partial charge in [0.1, 0.15) is 5.82 Å². The van der Waals surface area contributed by atoms with Crippen LogP contribution in [0, 0.1) is 5.92 Å². The van der Waals surface area contributed by atoms with Gasteiger partial charge >= 0.3 is 0 Å². The van der Waals surface area contributed by atoms with E-state index in [2.05, 4.69) is 39.9 Å². The number of hydrogen-bond acceptors (Lipinski definition) is 5. The lowest BCUT2D eigenvalue weighted by Gasteiger charge is -2.35. The van der Waals surface area contributed by atoms with Crippen LogP contribution < -0.4 is 4.90 Å². The predicted molar refractivity (Wildman–Crippen MR) is 72.8 cm³/mol. The second kappa shape index (κ2) is 5.78. The van der Waals surface area contributed by atoms with Crippen molar-refractivity contribution in [1.29, 1.82) is 0 Å². The summed E-state index contributed by atoms with van der Waals surface area (Å²) in [4.78, 5) is 9.47. The molecule has 1 aliphatic rings. The Balaban J connectivity index is 1.86. The maximum Gasteiger partial charge on any atom is 0.205 e. The molecule has 1 fully saturated rings. The fraction of sp³-hybridized carbons (Fsp3) is 0.833. The van der Waals surface area contributed by atoms with Crippen LogP contribution in [0.15, 0.2) is 0 Å². The van der Waals surface area contributed by atoms with Crippen LogP contribution in [-0.2, 0) is 6.42 Å². The van der Waals surface area contributed by atoms with E-state index in [1.54, 1.807) is 11.5 Å². The van der Waals surface area contributed by atoms with Crippen LogP contribution in [0.4, 0.5) is 5.13 Å². The molecular weight excluding hydrogens is 232 g/mol. The Labute approximate surface area is 108 Å². The van der Waals surface area contributed by atoms with E-state index in [0.29, 0.717) is 0 Å². The number of anilines is 1. The molecule has 0 atom stereocenters. The van der Waals surface area contributed by atoms with Crippen molar-refractivity contribution in [2.24, 2.45) is 5.92 Å². The highest BCUT2D eigenvalue weighted by molar-refractivity contribution is 7.09. The summed E-state index contributed by atoms with van der Waals surface area (Å²) in [6, 6.07) is 0. The van der Waals surface area contributed by atoms with E-state index in [1.807, 2.05) is 0 Å². The second-order valence-electron chi connectivity index (χ2n) is 5.03. The maximum absolute atomic E-state index is 4.55. The first-order chi connectivity index (χ1) is 8.19. The normalized spacial score (nSPS) is 18.0. The van der Waals surface area contributed by atoms with Gasteiger partial charge in [-0.25, -0.2) is 4.98 Å². The Morgan fingerprint density at radius 1 is 1.24 bits per heavy atom. The van der Waals surface area contributed by atoms with E-state index in [9.17, 15) is 0 Å². The summed E-state index contributed by atoms with van der Waals surface area (Å²) in [5.41, 5.74) is 0. The number of piperazine rings is 1. The minimum absolute atomic E-state index is 0.759. The third-order valence-corrected chi connectivity index (χ3v) is 3.85. The monoisotopic (exact) mass is 254 g/mol. The van der Waals surface area contributed by atoms with Crippen molar-refractivity contribution in [3.8, 4) is 0 Å². The van der Waals surface area contributed by atoms with Crippen LogP contribution >= 0.6 is 11.5 Å². The molecule has 1 aromatic rings. The van der Waals surface area contributed by atoms with Crippen molar-refractivity contribution in [1.82, 2.24) is 14.3 Å². The second-order valence-corrected chi connectivity index (χ2v) is 5.76. The lowest BCUT2D eigenvalue weighted by Crippen LogP contribution is -2.47. The molecule has 2 heterocycles. The van der Waals surface area contributed by atoms with Crippen molar-refractivity contribution in [2.45, 2.75) is 27.2 Å². The topological polar surface area (TPSA) is 32.3 Å². The molecule has 2 rings (SSSR count). The molecular formula is C12H22N4S. The van der Waals surface area contributed by atoms with Gasteiger partial charge in [-0.15, -0.1) is 0 Å². The number of hydrogen-bond donors (Lipinski definition) is 0. The Kier molecular flexibility index (Phi) is 4.34.